The average Bonchev–Trinajstić information content (AvgIpc) is 3.18. The standard InChI is InChI=1S/C25H26Cl2N2OS/c1-24(2,3)17-12-15(13-18(23(17)30)25(4,5)6)22(21-8-7-11-31-21)29-28-16-9-10-19(26)20(27)14-16/h7-14H,1-6H3. The van der Waals surface area contributed by atoms with Crippen LogP contribution in [0.25, 0.3) is 5.70 Å². The molecule has 1 aromatic heterocycles. The van der Waals surface area contributed by atoms with Gasteiger partial charge in [-0.15, -0.1) is 16.5 Å². The Bertz CT molecular complexity index is 1090. The van der Waals surface area contributed by atoms with Gasteiger partial charge in [0.2, 0.25) is 0 Å². The molecule has 0 N–H and O–H groups in total. The minimum absolute atomic E-state index is 0.0932. The van der Waals surface area contributed by atoms with Crippen LogP contribution in [-0.2, 0) is 4.79 Å². The Balaban J connectivity index is 2.23. The Morgan fingerprint density at radius 1 is 0.903 bits per heavy atom. The summed E-state index contributed by atoms with van der Waals surface area (Å²) in [5, 5.41) is 11.9. The first-order valence-corrected chi connectivity index (χ1v) is 11.7. The molecule has 0 fully saturated rings. The number of ketones is 1. The molecule has 0 unspecified atom stereocenters. The normalized spacial score (nSPS) is 15.4. The number of thiophene rings is 1. The van der Waals surface area contributed by atoms with E-state index in [9.17, 15) is 4.79 Å². The summed E-state index contributed by atoms with van der Waals surface area (Å²) in [6, 6.07) is 9.14. The molecule has 0 saturated carbocycles. The number of Topliss-reactive ketones (excluding diaryl/α,β-unsaturated/α-hetero) is 1. The second-order valence-electron chi connectivity index (χ2n) is 9.52. The lowest BCUT2D eigenvalue weighted by atomic mass is 9.71. The van der Waals surface area contributed by atoms with E-state index in [0.29, 0.717) is 15.7 Å². The quantitative estimate of drug-likeness (QED) is 0.410. The summed E-state index contributed by atoms with van der Waals surface area (Å²) >= 11 is 13.7. The minimum Gasteiger partial charge on any atom is -0.289 e. The number of carbonyl (C=O) groups excluding carboxylic acids is 1. The van der Waals surface area contributed by atoms with Crippen LogP contribution in [0.1, 0.15) is 46.4 Å². The van der Waals surface area contributed by atoms with Crippen molar-refractivity contribution in [2.45, 2.75) is 41.5 Å². The van der Waals surface area contributed by atoms with Gasteiger partial charge in [0.1, 0.15) is 5.70 Å². The molecule has 0 amide bonds. The van der Waals surface area contributed by atoms with Gasteiger partial charge in [0.05, 0.1) is 20.6 Å². The zero-order chi connectivity index (χ0) is 23.0. The summed E-state index contributed by atoms with van der Waals surface area (Å²) < 4.78 is 0. The molecule has 31 heavy (non-hydrogen) atoms. The maximum absolute atomic E-state index is 13.3. The van der Waals surface area contributed by atoms with Gasteiger partial charge in [0, 0.05) is 16.7 Å². The predicted octanol–water partition coefficient (Wildman–Crippen LogP) is 9.08. The summed E-state index contributed by atoms with van der Waals surface area (Å²) in [6.07, 6.45) is 3.92. The van der Waals surface area contributed by atoms with Gasteiger partial charge in [-0.2, -0.15) is 5.11 Å². The number of azo groups is 1. The Morgan fingerprint density at radius 3 is 2.00 bits per heavy atom. The zero-order valence-electron chi connectivity index (χ0n) is 18.6. The molecule has 3 nitrogen and oxygen atoms in total. The molecular weight excluding hydrogens is 447 g/mol. The van der Waals surface area contributed by atoms with Gasteiger partial charge in [0.25, 0.3) is 0 Å². The average molecular weight is 473 g/mol. The fraction of sp³-hybridized carbons (Fsp3) is 0.320. The van der Waals surface area contributed by atoms with E-state index < -0.39 is 0 Å². The van der Waals surface area contributed by atoms with E-state index in [4.69, 9.17) is 23.2 Å². The third-order valence-corrected chi connectivity index (χ3v) is 6.52. The lowest BCUT2D eigenvalue weighted by molar-refractivity contribution is -0.114. The second kappa shape index (κ2) is 8.85. The highest BCUT2D eigenvalue weighted by Crippen LogP contribution is 2.41. The van der Waals surface area contributed by atoms with Gasteiger partial charge in [-0.1, -0.05) is 70.8 Å². The van der Waals surface area contributed by atoms with Crippen LogP contribution >= 0.6 is 34.5 Å². The first-order chi connectivity index (χ1) is 14.4. The molecule has 0 bridgehead atoms. The van der Waals surface area contributed by atoms with Crippen LogP contribution in [0, 0.1) is 10.8 Å². The van der Waals surface area contributed by atoms with Gasteiger partial charge in [-0.25, -0.2) is 0 Å². The molecule has 3 rings (SSSR count). The summed E-state index contributed by atoms with van der Waals surface area (Å²) in [7, 11) is 0. The van der Waals surface area contributed by atoms with Crippen molar-refractivity contribution in [1.29, 1.82) is 0 Å². The smallest absolute Gasteiger partial charge is 0.186 e. The fourth-order valence-electron chi connectivity index (χ4n) is 3.20. The Labute approximate surface area is 198 Å². The molecule has 0 saturated heterocycles. The van der Waals surface area contributed by atoms with Crippen molar-refractivity contribution in [1.82, 2.24) is 0 Å². The van der Waals surface area contributed by atoms with Crippen LogP contribution in [0.5, 0.6) is 0 Å². The number of hydrogen-bond acceptors (Lipinski definition) is 4. The van der Waals surface area contributed by atoms with E-state index in [-0.39, 0.29) is 16.6 Å². The Kier molecular flexibility index (Phi) is 6.75. The first-order valence-electron chi connectivity index (χ1n) is 10.0. The molecule has 0 radical (unpaired) electrons. The van der Waals surface area contributed by atoms with Gasteiger partial charge < -0.3 is 0 Å². The van der Waals surface area contributed by atoms with Crippen molar-refractivity contribution < 1.29 is 4.79 Å². The lowest BCUT2D eigenvalue weighted by Crippen LogP contribution is -2.28. The van der Waals surface area contributed by atoms with E-state index in [1.54, 1.807) is 29.5 Å². The molecule has 1 heterocycles. The van der Waals surface area contributed by atoms with Gasteiger partial charge in [0.15, 0.2) is 5.78 Å². The molecule has 1 aliphatic rings. The van der Waals surface area contributed by atoms with Crippen LogP contribution in [0.2, 0.25) is 10.0 Å². The number of rotatable bonds is 3. The number of allylic oxidation sites excluding steroid dienone is 5. The third kappa shape index (κ3) is 5.43. The number of benzene rings is 1. The highest BCUT2D eigenvalue weighted by atomic mass is 35.5. The van der Waals surface area contributed by atoms with Crippen molar-refractivity contribution in [3.8, 4) is 0 Å². The van der Waals surface area contributed by atoms with Crippen molar-refractivity contribution in [2.75, 3.05) is 0 Å². The molecule has 1 aliphatic carbocycles. The summed E-state index contributed by atoms with van der Waals surface area (Å²) in [4.78, 5) is 14.3. The van der Waals surface area contributed by atoms with E-state index in [1.807, 2.05) is 29.7 Å². The molecule has 6 heteroatoms. The van der Waals surface area contributed by atoms with Gasteiger partial charge in [-0.3, -0.25) is 4.79 Å². The van der Waals surface area contributed by atoms with Crippen LogP contribution in [0.15, 0.2) is 74.8 Å². The lowest BCUT2D eigenvalue weighted by Gasteiger charge is -2.31. The van der Waals surface area contributed by atoms with Crippen LogP contribution in [0.4, 0.5) is 5.69 Å². The van der Waals surface area contributed by atoms with Crippen molar-refractivity contribution in [2.24, 2.45) is 21.1 Å². The third-order valence-electron chi connectivity index (χ3n) is 4.90. The van der Waals surface area contributed by atoms with Crippen molar-refractivity contribution in [3.05, 3.63) is 79.5 Å². The van der Waals surface area contributed by atoms with Gasteiger partial charge >= 0.3 is 0 Å². The molecule has 0 atom stereocenters. The maximum Gasteiger partial charge on any atom is 0.186 e. The predicted molar refractivity (Wildman–Crippen MR) is 132 cm³/mol. The van der Waals surface area contributed by atoms with E-state index >= 15 is 0 Å². The second-order valence-corrected chi connectivity index (χ2v) is 11.3. The zero-order valence-corrected chi connectivity index (χ0v) is 20.9. The van der Waals surface area contributed by atoms with Crippen LogP contribution in [-0.4, -0.2) is 5.78 Å². The molecule has 0 aliphatic heterocycles. The fourth-order valence-corrected chi connectivity index (χ4v) is 4.22. The van der Waals surface area contributed by atoms with Crippen molar-refractivity contribution >= 4 is 51.7 Å². The highest BCUT2D eigenvalue weighted by Gasteiger charge is 2.34. The van der Waals surface area contributed by atoms with Gasteiger partial charge in [-0.05, 0) is 52.6 Å². The molecule has 1 aromatic carbocycles. The summed E-state index contributed by atoms with van der Waals surface area (Å²) in [5.74, 6) is 0.0932. The first kappa shape index (κ1) is 23.6. The minimum atomic E-state index is -0.297. The molecule has 162 valence electrons. The maximum atomic E-state index is 13.3. The summed E-state index contributed by atoms with van der Waals surface area (Å²) in [5.41, 5.74) is 3.15. The van der Waals surface area contributed by atoms with Crippen LogP contribution in [0.3, 0.4) is 0 Å². The van der Waals surface area contributed by atoms with E-state index in [0.717, 1.165) is 27.3 Å². The SMILES string of the molecule is CC(C)(C)C1=CC(=C(N=Nc2ccc(Cl)c(Cl)c2)c2cccs2)C=C(C(C)(C)C)C1=O. The van der Waals surface area contributed by atoms with Crippen LogP contribution < -0.4 is 0 Å². The van der Waals surface area contributed by atoms with Crippen molar-refractivity contribution in [3.63, 3.8) is 0 Å². The molecule has 0 spiro atoms. The number of carbonyl (C=O) groups is 1. The summed E-state index contributed by atoms with van der Waals surface area (Å²) in [6.45, 7) is 12.3. The molecule has 2 aromatic rings. The topological polar surface area (TPSA) is 41.8 Å². The van der Waals surface area contributed by atoms with E-state index in [2.05, 4.69) is 51.8 Å². The monoisotopic (exact) mass is 472 g/mol. The number of hydrogen-bond donors (Lipinski definition) is 0. The Morgan fingerprint density at radius 2 is 1.52 bits per heavy atom. The highest BCUT2D eigenvalue weighted by molar-refractivity contribution is 7.11. The van der Waals surface area contributed by atoms with E-state index in [1.165, 1.54) is 0 Å². The molecular formula is C25H26Cl2N2OS. The largest absolute Gasteiger partial charge is 0.289 e. The Hall–Kier alpha value is -2.01. The number of halogens is 2. The number of nitrogens with zero attached hydrogens (tertiary/aromatic N) is 2.